The molecule has 0 atom stereocenters. The molecule has 0 bridgehead atoms. The van der Waals surface area contributed by atoms with Crippen molar-refractivity contribution in [3.8, 4) is 11.3 Å². The third-order valence-corrected chi connectivity index (χ3v) is 4.34. The van der Waals surface area contributed by atoms with E-state index in [2.05, 4.69) is 81.4 Å². The SMILES string of the molecule is Cc1cc(C(C)(C)c2ccccc2)cnc1-c1ccccc1. The topological polar surface area (TPSA) is 12.9 Å². The van der Waals surface area contributed by atoms with Gasteiger partial charge in [-0.2, -0.15) is 0 Å². The predicted octanol–water partition coefficient (Wildman–Crippen LogP) is 5.38. The molecule has 0 saturated carbocycles. The second-order valence-corrected chi connectivity index (χ2v) is 6.25. The first-order chi connectivity index (χ1) is 10.6. The zero-order valence-corrected chi connectivity index (χ0v) is 13.4. The number of aromatic nitrogens is 1. The van der Waals surface area contributed by atoms with Crippen LogP contribution in [0.2, 0.25) is 0 Å². The zero-order valence-electron chi connectivity index (χ0n) is 13.4. The fourth-order valence-electron chi connectivity index (χ4n) is 2.84. The van der Waals surface area contributed by atoms with E-state index in [-0.39, 0.29) is 5.41 Å². The Morgan fingerprint density at radius 2 is 1.36 bits per heavy atom. The fourth-order valence-corrected chi connectivity index (χ4v) is 2.84. The van der Waals surface area contributed by atoms with Gasteiger partial charge in [0.1, 0.15) is 0 Å². The predicted molar refractivity (Wildman–Crippen MR) is 93.0 cm³/mol. The van der Waals surface area contributed by atoms with Gasteiger partial charge in [-0.25, -0.2) is 0 Å². The Bertz CT molecular complexity index is 758. The van der Waals surface area contributed by atoms with E-state index < -0.39 is 0 Å². The summed E-state index contributed by atoms with van der Waals surface area (Å²) in [4.78, 5) is 4.74. The summed E-state index contributed by atoms with van der Waals surface area (Å²) < 4.78 is 0. The smallest absolute Gasteiger partial charge is 0.0731 e. The van der Waals surface area contributed by atoms with Gasteiger partial charge >= 0.3 is 0 Å². The van der Waals surface area contributed by atoms with Crippen LogP contribution in [-0.2, 0) is 5.41 Å². The first-order valence-electron chi connectivity index (χ1n) is 7.67. The Labute approximate surface area is 132 Å². The van der Waals surface area contributed by atoms with Gasteiger partial charge < -0.3 is 0 Å². The van der Waals surface area contributed by atoms with Gasteiger partial charge in [0, 0.05) is 17.2 Å². The summed E-state index contributed by atoms with van der Waals surface area (Å²) in [5.74, 6) is 0. The van der Waals surface area contributed by atoms with Crippen molar-refractivity contribution in [2.24, 2.45) is 0 Å². The molecule has 110 valence electrons. The van der Waals surface area contributed by atoms with Crippen LogP contribution in [0.3, 0.4) is 0 Å². The van der Waals surface area contributed by atoms with Crippen LogP contribution < -0.4 is 0 Å². The highest BCUT2D eigenvalue weighted by atomic mass is 14.7. The molecule has 0 spiro atoms. The van der Waals surface area contributed by atoms with Gasteiger partial charge in [0.2, 0.25) is 0 Å². The Kier molecular flexibility index (Phi) is 3.81. The van der Waals surface area contributed by atoms with Gasteiger partial charge in [0.05, 0.1) is 5.69 Å². The van der Waals surface area contributed by atoms with Crippen molar-refractivity contribution in [1.82, 2.24) is 4.98 Å². The summed E-state index contributed by atoms with van der Waals surface area (Å²) in [7, 11) is 0. The van der Waals surface area contributed by atoms with Gasteiger partial charge in [-0.3, -0.25) is 4.98 Å². The van der Waals surface area contributed by atoms with Gasteiger partial charge in [-0.1, -0.05) is 80.6 Å². The Balaban J connectivity index is 2.02. The highest BCUT2D eigenvalue weighted by Crippen LogP contribution is 2.33. The molecule has 0 N–H and O–H groups in total. The molecule has 1 nitrogen and oxygen atoms in total. The minimum atomic E-state index is -0.0474. The molecule has 0 radical (unpaired) electrons. The lowest BCUT2D eigenvalue weighted by atomic mass is 9.78. The average Bonchev–Trinajstić information content (AvgIpc) is 2.56. The van der Waals surface area contributed by atoms with Crippen molar-refractivity contribution in [3.05, 3.63) is 89.6 Å². The van der Waals surface area contributed by atoms with Crippen molar-refractivity contribution in [1.29, 1.82) is 0 Å². The Hall–Kier alpha value is -2.41. The quantitative estimate of drug-likeness (QED) is 0.630. The van der Waals surface area contributed by atoms with Crippen LogP contribution in [0.15, 0.2) is 72.9 Å². The molecular formula is C21H21N. The van der Waals surface area contributed by atoms with Crippen LogP contribution >= 0.6 is 0 Å². The third kappa shape index (κ3) is 2.67. The summed E-state index contributed by atoms with van der Waals surface area (Å²) in [6, 6.07) is 23.2. The van der Waals surface area contributed by atoms with Crippen molar-refractivity contribution < 1.29 is 0 Å². The molecule has 1 heteroatoms. The van der Waals surface area contributed by atoms with Crippen molar-refractivity contribution in [3.63, 3.8) is 0 Å². The normalized spacial score (nSPS) is 11.4. The Morgan fingerprint density at radius 3 is 1.95 bits per heavy atom. The van der Waals surface area contributed by atoms with Crippen molar-refractivity contribution in [2.75, 3.05) is 0 Å². The molecule has 3 aromatic rings. The summed E-state index contributed by atoms with van der Waals surface area (Å²) in [6.07, 6.45) is 2.02. The molecule has 0 saturated heterocycles. The number of hydrogen-bond donors (Lipinski definition) is 0. The minimum Gasteiger partial charge on any atom is -0.256 e. The van der Waals surface area contributed by atoms with E-state index in [9.17, 15) is 0 Å². The average molecular weight is 287 g/mol. The number of rotatable bonds is 3. The van der Waals surface area contributed by atoms with E-state index in [1.165, 1.54) is 22.3 Å². The van der Waals surface area contributed by atoms with Gasteiger partial charge in [-0.15, -0.1) is 0 Å². The minimum absolute atomic E-state index is 0.0474. The van der Waals surface area contributed by atoms with Crippen LogP contribution in [0.1, 0.15) is 30.5 Å². The van der Waals surface area contributed by atoms with Crippen LogP contribution in [0.5, 0.6) is 0 Å². The Morgan fingerprint density at radius 1 is 0.773 bits per heavy atom. The largest absolute Gasteiger partial charge is 0.256 e. The lowest BCUT2D eigenvalue weighted by Gasteiger charge is -2.26. The molecule has 0 aliphatic rings. The van der Waals surface area contributed by atoms with Gasteiger partial charge in [0.25, 0.3) is 0 Å². The first kappa shape index (κ1) is 14.5. The molecule has 0 unspecified atom stereocenters. The monoisotopic (exact) mass is 287 g/mol. The standard InChI is InChI=1S/C21H21N/c1-16-14-19(21(2,3)18-12-8-5-9-13-18)15-22-20(16)17-10-6-4-7-11-17/h4-15H,1-3H3. The van der Waals surface area contributed by atoms with Gasteiger partial charge in [-0.05, 0) is 23.6 Å². The fraction of sp³-hybridized carbons (Fsp3) is 0.190. The number of nitrogens with zero attached hydrogens (tertiary/aromatic N) is 1. The molecule has 0 aliphatic heterocycles. The third-order valence-electron chi connectivity index (χ3n) is 4.34. The maximum Gasteiger partial charge on any atom is 0.0731 e. The van der Waals surface area contributed by atoms with E-state index >= 15 is 0 Å². The molecule has 2 aromatic carbocycles. The molecular weight excluding hydrogens is 266 g/mol. The number of pyridine rings is 1. The van der Waals surface area contributed by atoms with Crippen LogP contribution in [0, 0.1) is 6.92 Å². The lowest BCUT2D eigenvalue weighted by molar-refractivity contribution is 0.637. The van der Waals surface area contributed by atoms with Crippen LogP contribution in [0.4, 0.5) is 0 Å². The van der Waals surface area contributed by atoms with Crippen molar-refractivity contribution in [2.45, 2.75) is 26.2 Å². The number of benzene rings is 2. The zero-order chi connectivity index (χ0) is 15.6. The summed E-state index contributed by atoms with van der Waals surface area (Å²) in [5.41, 5.74) is 5.96. The highest BCUT2D eigenvalue weighted by molar-refractivity contribution is 5.63. The van der Waals surface area contributed by atoms with Gasteiger partial charge in [0.15, 0.2) is 0 Å². The molecule has 0 amide bonds. The van der Waals surface area contributed by atoms with Crippen LogP contribution in [-0.4, -0.2) is 4.98 Å². The summed E-state index contributed by atoms with van der Waals surface area (Å²) in [6.45, 7) is 6.64. The van der Waals surface area contributed by atoms with E-state index in [0.717, 1.165) is 5.69 Å². The molecule has 3 rings (SSSR count). The summed E-state index contributed by atoms with van der Waals surface area (Å²) >= 11 is 0. The first-order valence-corrected chi connectivity index (χ1v) is 7.67. The number of hydrogen-bond acceptors (Lipinski definition) is 1. The lowest BCUT2D eigenvalue weighted by Crippen LogP contribution is -2.19. The molecule has 0 aliphatic carbocycles. The van der Waals surface area contributed by atoms with Crippen molar-refractivity contribution >= 4 is 0 Å². The molecule has 0 fully saturated rings. The molecule has 1 aromatic heterocycles. The maximum absolute atomic E-state index is 4.74. The second kappa shape index (κ2) is 5.76. The summed E-state index contributed by atoms with van der Waals surface area (Å²) in [5, 5.41) is 0. The molecule has 22 heavy (non-hydrogen) atoms. The van der Waals surface area contributed by atoms with E-state index in [1.807, 2.05) is 12.3 Å². The van der Waals surface area contributed by atoms with E-state index in [0.29, 0.717) is 0 Å². The molecule has 1 heterocycles. The second-order valence-electron chi connectivity index (χ2n) is 6.25. The maximum atomic E-state index is 4.74. The number of aryl methyl sites for hydroxylation is 1. The van der Waals surface area contributed by atoms with E-state index in [1.54, 1.807) is 0 Å². The highest BCUT2D eigenvalue weighted by Gasteiger charge is 2.23. The van der Waals surface area contributed by atoms with E-state index in [4.69, 9.17) is 4.98 Å². The van der Waals surface area contributed by atoms with Crippen LogP contribution in [0.25, 0.3) is 11.3 Å².